The molecule has 2 atom stereocenters. The van der Waals surface area contributed by atoms with Crippen molar-refractivity contribution in [1.29, 1.82) is 0 Å². The quantitative estimate of drug-likeness (QED) is 0.611. The molecule has 0 aromatic heterocycles. The lowest BCUT2D eigenvalue weighted by atomic mass is 9.62. The van der Waals surface area contributed by atoms with Crippen molar-refractivity contribution in [3.63, 3.8) is 0 Å². The lowest BCUT2D eigenvalue weighted by Crippen LogP contribution is -2.52. The first-order valence-electron chi connectivity index (χ1n) is 4.68. The Morgan fingerprint density at radius 1 is 1.17 bits per heavy atom. The summed E-state index contributed by atoms with van der Waals surface area (Å²) in [7, 11) is 0. The van der Waals surface area contributed by atoms with E-state index in [1.54, 1.807) is 0 Å². The van der Waals surface area contributed by atoms with Gasteiger partial charge in [-0.25, -0.2) is 0 Å². The van der Waals surface area contributed by atoms with E-state index in [0.717, 1.165) is 25.7 Å². The van der Waals surface area contributed by atoms with Gasteiger partial charge in [0, 0.05) is 6.04 Å². The molecule has 2 bridgehead atoms. The molecule has 12 heavy (non-hydrogen) atoms. The fourth-order valence-corrected chi connectivity index (χ4v) is 2.86. The molecule has 0 heterocycles. The van der Waals surface area contributed by atoms with E-state index in [2.05, 4.69) is 0 Å². The number of rotatable bonds is 1. The van der Waals surface area contributed by atoms with Crippen molar-refractivity contribution in [1.82, 2.24) is 0 Å². The van der Waals surface area contributed by atoms with Gasteiger partial charge in [0.25, 0.3) is 0 Å². The molecule has 3 nitrogen and oxygen atoms in total. The number of hydrogen-bond acceptors (Lipinski definition) is 2. The molecule has 3 fully saturated rings. The van der Waals surface area contributed by atoms with E-state index in [1.165, 1.54) is 0 Å². The fourth-order valence-electron chi connectivity index (χ4n) is 2.86. The average Bonchev–Trinajstić information content (AvgIpc) is 2.05. The smallest absolute Gasteiger partial charge is 0.308 e. The third kappa shape index (κ3) is 1.04. The molecular formula is C9H15NO2. The van der Waals surface area contributed by atoms with Crippen LogP contribution in [0.3, 0.4) is 0 Å². The highest BCUT2D eigenvalue weighted by Gasteiger charge is 2.45. The summed E-state index contributed by atoms with van der Waals surface area (Å²) in [6, 6.07) is -0.0741. The van der Waals surface area contributed by atoms with Crippen molar-refractivity contribution in [2.75, 3.05) is 0 Å². The van der Waals surface area contributed by atoms with E-state index in [-0.39, 0.29) is 12.0 Å². The van der Waals surface area contributed by atoms with Gasteiger partial charge < -0.3 is 10.8 Å². The van der Waals surface area contributed by atoms with Crippen LogP contribution < -0.4 is 5.73 Å². The minimum absolute atomic E-state index is 0.0741. The summed E-state index contributed by atoms with van der Waals surface area (Å²) in [5.74, 6) is -0.0898. The highest BCUT2D eigenvalue weighted by Crippen LogP contribution is 2.44. The molecule has 0 amide bonds. The number of aliphatic carboxylic acids is 1. The number of carboxylic acids is 1. The Bertz CT molecular complexity index is 195. The SMILES string of the molecule is NC1C2CCC(CC2)C1C(=O)O. The maximum absolute atomic E-state index is 10.9. The minimum Gasteiger partial charge on any atom is -0.481 e. The predicted molar refractivity (Wildman–Crippen MR) is 44.5 cm³/mol. The van der Waals surface area contributed by atoms with Gasteiger partial charge >= 0.3 is 5.97 Å². The van der Waals surface area contributed by atoms with Crippen LogP contribution in [0.15, 0.2) is 0 Å². The number of fused-ring (bicyclic) bond motifs is 3. The highest BCUT2D eigenvalue weighted by molar-refractivity contribution is 5.71. The third-order valence-corrected chi connectivity index (χ3v) is 3.57. The predicted octanol–water partition coefficient (Wildman–Crippen LogP) is 0.834. The summed E-state index contributed by atoms with van der Waals surface area (Å²) in [5, 5.41) is 8.95. The van der Waals surface area contributed by atoms with E-state index in [4.69, 9.17) is 10.8 Å². The summed E-state index contributed by atoms with van der Waals surface area (Å²) in [6.45, 7) is 0. The molecular weight excluding hydrogens is 154 g/mol. The van der Waals surface area contributed by atoms with E-state index in [9.17, 15) is 4.79 Å². The van der Waals surface area contributed by atoms with Gasteiger partial charge in [-0.3, -0.25) is 4.79 Å². The van der Waals surface area contributed by atoms with Crippen molar-refractivity contribution in [3.8, 4) is 0 Å². The molecule has 3 N–H and O–H groups in total. The highest BCUT2D eigenvalue weighted by atomic mass is 16.4. The third-order valence-electron chi connectivity index (χ3n) is 3.57. The van der Waals surface area contributed by atoms with Crippen LogP contribution in [-0.4, -0.2) is 17.1 Å². The molecule has 0 aromatic rings. The summed E-state index contributed by atoms with van der Waals surface area (Å²) >= 11 is 0. The standard InChI is InChI=1S/C9H15NO2/c10-8-6-3-1-5(2-4-6)7(8)9(11)12/h5-8H,1-4,10H2,(H,11,12). The zero-order valence-electron chi connectivity index (χ0n) is 7.07. The summed E-state index contributed by atoms with van der Waals surface area (Å²) in [6.07, 6.45) is 4.45. The Balaban J connectivity index is 2.18. The second-order valence-electron chi connectivity index (χ2n) is 4.12. The van der Waals surface area contributed by atoms with Gasteiger partial charge in [0.05, 0.1) is 5.92 Å². The Hall–Kier alpha value is -0.570. The van der Waals surface area contributed by atoms with Gasteiger partial charge in [0.2, 0.25) is 0 Å². The van der Waals surface area contributed by atoms with Crippen LogP contribution >= 0.6 is 0 Å². The lowest BCUT2D eigenvalue weighted by Gasteiger charge is -2.45. The van der Waals surface area contributed by atoms with Crippen LogP contribution in [0.1, 0.15) is 25.7 Å². The normalized spacial score (nSPS) is 46.1. The monoisotopic (exact) mass is 169 g/mol. The number of nitrogens with two attached hydrogens (primary N) is 1. The van der Waals surface area contributed by atoms with Crippen molar-refractivity contribution < 1.29 is 9.90 Å². The van der Waals surface area contributed by atoms with Crippen LogP contribution in [0.5, 0.6) is 0 Å². The molecule has 0 saturated heterocycles. The van der Waals surface area contributed by atoms with Gasteiger partial charge in [0.1, 0.15) is 0 Å². The number of carboxylic acid groups (broad SMARTS) is 1. The minimum atomic E-state index is -0.683. The molecule has 0 aliphatic heterocycles. The molecule has 3 rings (SSSR count). The molecule has 3 aliphatic rings. The van der Waals surface area contributed by atoms with Crippen molar-refractivity contribution in [2.24, 2.45) is 23.5 Å². The lowest BCUT2D eigenvalue weighted by molar-refractivity contribution is -0.148. The topological polar surface area (TPSA) is 63.3 Å². The van der Waals surface area contributed by atoms with E-state index >= 15 is 0 Å². The average molecular weight is 169 g/mol. The zero-order valence-corrected chi connectivity index (χ0v) is 7.07. The van der Waals surface area contributed by atoms with Crippen LogP contribution in [0, 0.1) is 17.8 Å². The zero-order chi connectivity index (χ0) is 8.72. The van der Waals surface area contributed by atoms with E-state index in [1.807, 2.05) is 0 Å². The molecule has 3 aliphatic carbocycles. The van der Waals surface area contributed by atoms with E-state index < -0.39 is 5.97 Å². The molecule has 0 aromatic carbocycles. The van der Waals surface area contributed by atoms with Crippen LogP contribution in [0.25, 0.3) is 0 Å². The van der Waals surface area contributed by atoms with Crippen LogP contribution in [0.2, 0.25) is 0 Å². The Morgan fingerprint density at radius 2 is 1.67 bits per heavy atom. The Labute approximate surface area is 71.9 Å². The number of carbonyl (C=O) groups is 1. The van der Waals surface area contributed by atoms with Gasteiger partial charge in [-0.15, -0.1) is 0 Å². The second kappa shape index (κ2) is 2.73. The van der Waals surface area contributed by atoms with E-state index in [0.29, 0.717) is 11.8 Å². The molecule has 3 heteroatoms. The molecule has 0 spiro atoms. The van der Waals surface area contributed by atoms with Crippen molar-refractivity contribution in [2.45, 2.75) is 31.7 Å². The van der Waals surface area contributed by atoms with Crippen LogP contribution in [-0.2, 0) is 4.79 Å². The van der Waals surface area contributed by atoms with Gasteiger partial charge in [-0.2, -0.15) is 0 Å². The van der Waals surface area contributed by atoms with Crippen LogP contribution in [0.4, 0.5) is 0 Å². The summed E-state index contributed by atoms with van der Waals surface area (Å²) in [5.41, 5.74) is 5.88. The largest absolute Gasteiger partial charge is 0.481 e. The maximum atomic E-state index is 10.9. The van der Waals surface area contributed by atoms with Gasteiger partial charge in [0.15, 0.2) is 0 Å². The first-order chi connectivity index (χ1) is 5.70. The maximum Gasteiger partial charge on any atom is 0.308 e. The number of hydrogen-bond donors (Lipinski definition) is 2. The molecule has 0 radical (unpaired) electrons. The Morgan fingerprint density at radius 3 is 2.00 bits per heavy atom. The first-order valence-corrected chi connectivity index (χ1v) is 4.68. The van der Waals surface area contributed by atoms with Crippen molar-refractivity contribution >= 4 is 5.97 Å². The Kier molecular flexibility index (Phi) is 1.83. The molecule has 2 unspecified atom stereocenters. The first kappa shape index (κ1) is 8.05. The fraction of sp³-hybridized carbons (Fsp3) is 0.889. The summed E-state index contributed by atoms with van der Waals surface area (Å²) in [4.78, 5) is 10.9. The summed E-state index contributed by atoms with van der Waals surface area (Å²) < 4.78 is 0. The molecule has 68 valence electrons. The second-order valence-corrected chi connectivity index (χ2v) is 4.12. The van der Waals surface area contributed by atoms with Crippen molar-refractivity contribution in [3.05, 3.63) is 0 Å². The molecule has 3 saturated carbocycles. The van der Waals surface area contributed by atoms with Gasteiger partial charge in [-0.05, 0) is 37.5 Å². The van der Waals surface area contributed by atoms with Gasteiger partial charge in [-0.1, -0.05) is 0 Å².